The number of hydrogen-bond acceptors (Lipinski definition) is 4. The van der Waals surface area contributed by atoms with Gasteiger partial charge in [0.05, 0.1) is 18.6 Å². The maximum absolute atomic E-state index is 11.6. The minimum atomic E-state index is -2.91. The van der Waals surface area contributed by atoms with Gasteiger partial charge in [-0.3, -0.25) is 0 Å². The molecule has 0 spiro atoms. The van der Waals surface area contributed by atoms with Gasteiger partial charge in [0.25, 0.3) is 0 Å². The van der Waals surface area contributed by atoms with Gasteiger partial charge in [-0.15, -0.1) is 0 Å². The van der Waals surface area contributed by atoms with Crippen molar-refractivity contribution in [2.75, 3.05) is 18.6 Å². The summed E-state index contributed by atoms with van der Waals surface area (Å²) in [5.74, 6) is 1.26. The van der Waals surface area contributed by atoms with Gasteiger partial charge in [0.2, 0.25) is 0 Å². The highest BCUT2D eigenvalue weighted by molar-refractivity contribution is 7.91. The molecule has 0 aliphatic carbocycles. The zero-order valence-corrected chi connectivity index (χ0v) is 11.3. The van der Waals surface area contributed by atoms with Crippen molar-refractivity contribution < 1.29 is 13.2 Å². The SMILES string of the molecule is COc1cccc(C(N)C2CCCS(=O)(=O)C2)c1. The van der Waals surface area contributed by atoms with Crippen LogP contribution in [0.5, 0.6) is 5.75 Å². The Kier molecular flexibility index (Phi) is 3.92. The molecule has 1 fully saturated rings. The van der Waals surface area contributed by atoms with Crippen molar-refractivity contribution in [1.82, 2.24) is 0 Å². The van der Waals surface area contributed by atoms with Gasteiger partial charge in [0, 0.05) is 6.04 Å². The topological polar surface area (TPSA) is 69.4 Å². The summed E-state index contributed by atoms with van der Waals surface area (Å²) < 4.78 is 28.4. The summed E-state index contributed by atoms with van der Waals surface area (Å²) in [4.78, 5) is 0. The van der Waals surface area contributed by atoms with Crippen LogP contribution in [0.4, 0.5) is 0 Å². The third-order valence-electron chi connectivity index (χ3n) is 3.48. The fourth-order valence-corrected chi connectivity index (χ4v) is 4.26. The monoisotopic (exact) mass is 269 g/mol. The van der Waals surface area contributed by atoms with Crippen LogP contribution in [0.2, 0.25) is 0 Å². The van der Waals surface area contributed by atoms with Crippen molar-refractivity contribution in [1.29, 1.82) is 0 Å². The number of nitrogens with two attached hydrogens (primary N) is 1. The van der Waals surface area contributed by atoms with Crippen LogP contribution >= 0.6 is 0 Å². The summed E-state index contributed by atoms with van der Waals surface area (Å²) >= 11 is 0. The average Bonchev–Trinajstić information content (AvgIpc) is 2.37. The van der Waals surface area contributed by atoms with E-state index in [0.29, 0.717) is 12.2 Å². The molecule has 1 aliphatic rings. The lowest BCUT2D eigenvalue weighted by Gasteiger charge is -2.27. The van der Waals surface area contributed by atoms with E-state index in [1.807, 2.05) is 24.3 Å². The van der Waals surface area contributed by atoms with Crippen LogP contribution in [0.3, 0.4) is 0 Å². The fourth-order valence-electron chi connectivity index (χ4n) is 2.46. The van der Waals surface area contributed by atoms with Crippen LogP contribution < -0.4 is 10.5 Å². The average molecular weight is 269 g/mol. The Hall–Kier alpha value is -1.07. The quantitative estimate of drug-likeness (QED) is 0.903. The molecule has 1 aromatic carbocycles. The third kappa shape index (κ3) is 3.03. The Labute approximate surface area is 108 Å². The second-order valence-electron chi connectivity index (χ2n) is 4.82. The number of rotatable bonds is 3. The maximum atomic E-state index is 11.6. The Balaban J connectivity index is 2.17. The van der Waals surface area contributed by atoms with E-state index < -0.39 is 9.84 Å². The number of sulfone groups is 1. The lowest BCUT2D eigenvalue weighted by Crippen LogP contribution is -2.33. The second-order valence-corrected chi connectivity index (χ2v) is 7.05. The van der Waals surface area contributed by atoms with Gasteiger partial charge in [-0.05, 0) is 36.5 Å². The van der Waals surface area contributed by atoms with E-state index in [-0.39, 0.29) is 17.7 Å². The smallest absolute Gasteiger partial charge is 0.150 e. The molecule has 100 valence electrons. The summed E-state index contributed by atoms with van der Waals surface area (Å²) in [5, 5.41) is 0. The van der Waals surface area contributed by atoms with Crippen LogP contribution in [0.1, 0.15) is 24.4 Å². The summed E-state index contributed by atoms with van der Waals surface area (Å²) in [6.07, 6.45) is 1.59. The molecule has 2 unspecified atom stereocenters. The standard InChI is InChI=1S/C13H19NO3S/c1-17-12-6-2-4-10(8-12)13(14)11-5-3-7-18(15,16)9-11/h2,4,6,8,11,13H,3,5,7,9,14H2,1H3. The summed E-state index contributed by atoms with van der Waals surface area (Å²) in [5.41, 5.74) is 7.14. The van der Waals surface area contributed by atoms with Crippen molar-refractivity contribution in [2.24, 2.45) is 11.7 Å². The summed E-state index contributed by atoms with van der Waals surface area (Å²) in [7, 11) is -1.31. The van der Waals surface area contributed by atoms with Crippen molar-refractivity contribution >= 4 is 9.84 Å². The van der Waals surface area contributed by atoms with Crippen LogP contribution in [0.15, 0.2) is 24.3 Å². The van der Waals surface area contributed by atoms with Gasteiger partial charge in [0.1, 0.15) is 5.75 Å². The maximum Gasteiger partial charge on any atom is 0.150 e. The normalized spacial score (nSPS) is 24.4. The van der Waals surface area contributed by atoms with Crippen molar-refractivity contribution in [3.8, 4) is 5.75 Å². The number of hydrogen-bond donors (Lipinski definition) is 1. The molecule has 1 aromatic rings. The largest absolute Gasteiger partial charge is 0.497 e. The molecule has 18 heavy (non-hydrogen) atoms. The van der Waals surface area contributed by atoms with Gasteiger partial charge < -0.3 is 10.5 Å². The first-order valence-corrected chi connectivity index (χ1v) is 7.94. The second kappa shape index (κ2) is 5.28. The molecule has 1 heterocycles. The van der Waals surface area contributed by atoms with Gasteiger partial charge in [0.15, 0.2) is 9.84 Å². The Morgan fingerprint density at radius 3 is 2.89 bits per heavy atom. The molecule has 2 N–H and O–H groups in total. The van der Waals surface area contributed by atoms with Crippen molar-refractivity contribution in [3.05, 3.63) is 29.8 Å². The predicted molar refractivity (Wildman–Crippen MR) is 71.3 cm³/mol. The van der Waals surface area contributed by atoms with E-state index in [1.165, 1.54) is 0 Å². The van der Waals surface area contributed by atoms with Crippen LogP contribution in [-0.4, -0.2) is 27.0 Å². The molecule has 1 aliphatic heterocycles. The minimum absolute atomic E-state index is 0.0101. The molecule has 0 amide bonds. The van der Waals surface area contributed by atoms with Crippen LogP contribution in [0.25, 0.3) is 0 Å². The predicted octanol–water partition coefficient (Wildman–Crippen LogP) is 1.52. The highest BCUT2D eigenvalue weighted by Gasteiger charge is 2.29. The first-order chi connectivity index (χ1) is 8.52. The molecule has 1 saturated heterocycles. The number of methoxy groups -OCH3 is 1. The van der Waals surface area contributed by atoms with E-state index in [9.17, 15) is 8.42 Å². The minimum Gasteiger partial charge on any atom is -0.497 e. The van der Waals surface area contributed by atoms with Crippen LogP contribution in [0, 0.1) is 5.92 Å². The molecule has 2 atom stereocenters. The van der Waals surface area contributed by atoms with Crippen LogP contribution in [-0.2, 0) is 9.84 Å². The first kappa shape index (κ1) is 13.4. The van der Waals surface area contributed by atoms with E-state index in [2.05, 4.69) is 0 Å². The fraction of sp³-hybridized carbons (Fsp3) is 0.538. The van der Waals surface area contributed by atoms with Gasteiger partial charge in [-0.2, -0.15) is 0 Å². The van der Waals surface area contributed by atoms with E-state index in [4.69, 9.17) is 10.5 Å². The zero-order chi connectivity index (χ0) is 13.2. The number of ether oxygens (including phenoxy) is 1. The Morgan fingerprint density at radius 2 is 2.22 bits per heavy atom. The van der Waals surface area contributed by atoms with Gasteiger partial charge >= 0.3 is 0 Å². The molecular formula is C13H19NO3S. The molecule has 0 bridgehead atoms. The molecule has 0 saturated carbocycles. The lowest BCUT2D eigenvalue weighted by molar-refractivity contribution is 0.403. The summed E-state index contributed by atoms with van der Waals surface area (Å²) in [6.45, 7) is 0. The molecule has 0 aromatic heterocycles. The van der Waals surface area contributed by atoms with Crippen molar-refractivity contribution in [2.45, 2.75) is 18.9 Å². The van der Waals surface area contributed by atoms with Gasteiger partial charge in [-0.25, -0.2) is 8.42 Å². The number of benzene rings is 1. The summed E-state index contributed by atoms with van der Waals surface area (Å²) in [6, 6.07) is 7.30. The molecular weight excluding hydrogens is 250 g/mol. The van der Waals surface area contributed by atoms with Gasteiger partial charge in [-0.1, -0.05) is 12.1 Å². The Morgan fingerprint density at radius 1 is 1.44 bits per heavy atom. The van der Waals surface area contributed by atoms with E-state index in [0.717, 1.165) is 17.7 Å². The van der Waals surface area contributed by atoms with Crippen molar-refractivity contribution in [3.63, 3.8) is 0 Å². The third-order valence-corrected chi connectivity index (χ3v) is 5.33. The van der Waals surface area contributed by atoms with E-state index in [1.54, 1.807) is 7.11 Å². The molecule has 4 nitrogen and oxygen atoms in total. The highest BCUT2D eigenvalue weighted by Crippen LogP contribution is 2.30. The first-order valence-electron chi connectivity index (χ1n) is 6.12. The molecule has 0 radical (unpaired) electrons. The molecule has 5 heteroatoms. The zero-order valence-electron chi connectivity index (χ0n) is 10.5. The molecule has 2 rings (SSSR count). The Bertz CT molecular complexity index is 513. The highest BCUT2D eigenvalue weighted by atomic mass is 32.2. The van der Waals surface area contributed by atoms with E-state index >= 15 is 0 Å². The lowest BCUT2D eigenvalue weighted by atomic mass is 9.91.